The fraction of sp³-hybridized carbons (Fsp3) is 0.132. The van der Waals surface area contributed by atoms with Gasteiger partial charge in [0.25, 0.3) is 0 Å². The molecule has 0 amide bonds. The molecule has 0 aliphatic carbocycles. The maximum atomic E-state index is 9.48. The van der Waals surface area contributed by atoms with Crippen molar-refractivity contribution in [3.63, 3.8) is 0 Å². The highest BCUT2D eigenvalue weighted by atomic mass is 16.5. The van der Waals surface area contributed by atoms with Crippen LogP contribution in [0, 0.1) is 0 Å². The number of fused-ring (bicyclic) bond motifs is 4. The second kappa shape index (κ2) is 18.2. The van der Waals surface area contributed by atoms with E-state index in [1.807, 2.05) is 48.7 Å². The van der Waals surface area contributed by atoms with Gasteiger partial charge in [-0.3, -0.25) is 4.57 Å². The lowest BCUT2D eigenvalue weighted by Gasteiger charge is -2.27. The van der Waals surface area contributed by atoms with E-state index in [0.29, 0.717) is 18.1 Å². The number of pyridine rings is 1. The molecule has 1 aliphatic rings. The lowest BCUT2D eigenvalue weighted by Crippen LogP contribution is -2.25. The molecule has 1 aliphatic heterocycles. The number of benzene rings is 9. The van der Waals surface area contributed by atoms with Crippen molar-refractivity contribution in [2.24, 2.45) is 0 Å². The van der Waals surface area contributed by atoms with Crippen molar-refractivity contribution in [2.75, 3.05) is 16.5 Å². The summed E-state index contributed by atoms with van der Waals surface area (Å²) in [4.78, 5) is 9.60. The van der Waals surface area contributed by atoms with Gasteiger partial charge in [0.15, 0.2) is 0 Å². The standard InChI is InChI=1S/C68H58N4O/c1-67(2,3)51-35-32-49(33-36-51)56-29-19-28-55(47-22-12-8-13-23-47)66(56)71-45-70(62-30-16-17-31-63(62)71)52-26-18-27-53(41-52)73-54-37-38-57-58-40-50(46-20-10-7-11-21-46)34-39-61(58)72(64(57)42-54)65-43-60(68(4,5)6)59(44-69-65)48-24-14-9-15-25-48/h7-44H,45H2,1-6H3/i18D,26D,27D. The Balaban J connectivity index is 0.976. The number of nitrogens with zero attached hydrogens (tertiary/aromatic N) is 4. The Kier molecular flexibility index (Phi) is 10.5. The molecule has 0 bridgehead atoms. The number of anilines is 4. The Bertz CT molecular complexity index is 3990. The van der Waals surface area contributed by atoms with Gasteiger partial charge < -0.3 is 14.5 Å². The fourth-order valence-corrected chi connectivity index (χ4v) is 10.5. The zero-order valence-electron chi connectivity index (χ0n) is 45.1. The molecule has 11 aromatic rings. The van der Waals surface area contributed by atoms with E-state index in [9.17, 15) is 4.11 Å². The molecule has 0 atom stereocenters. The van der Waals surface area contributed by atoms with Crippen molar-refractivity contribution < 1.29 is 8.85 Å². The number of para-hydroxylation sites is 3. The van der Waals surface area contributed by atoms with Gasteiger partial charge in [0.1, 0.15) is 24.0 Å². The van der Waals surface area contributed by atoms with Crippen LogP contribution >= 0.6 is 0 Å². The molecule has 0 unspecified atom stereocenters. The molecule has 0 saturated heterocycles. The van der Waals surface area contributed by atoms with Crippen LogP contribution < -0.4 is 14.5 Å². The third-order valence-corrected chi connectivity index (χ3v) is 14.2. The molecule has 5 heteroatoms. The summed E-state index contributed by atoms with van der Waals surface area (Å²) < 4.78 is 37.1. The molecule has 0 N–H and O–H groups in total. The van der Waals surface area contributed by atoms with Crippen LogP contribution in [-0.4, -0.2) is 16.2 Å². The quantitative estimate of drug-likeness (QED) is 0.144. The predicted molar refractivity (Wildman–Crippen MR) is 306 cm³/mol. The number of hydrogen-bond donors (Lipinski definition) is 0. The van der Waals surface area contributed by atoms with Crippen LogP contribution in [-0.2, 0) is 10.8 Å². The molecule has 12 rings (SSSR count). The van der Waals surface area contributed by atoms with Gasteiger partial charge >= 0.3 is 0 Å². The van der Waals surface area contributed by atoms with Gasteiger partial charge in [0.05, 0.1) is 32.2 Å². The first kappa shape index (κ1) is 42.1. The van der Waals surface area contributed by atoms with Crippen LogP contribution in [0.1, 0.15) is 56.8 Å². The third-order valence-electron chi connectivity index (χ3n) is 14.2. The summed E-state index contributed by atoms with van der Waals surface area (Å²) in [6.07, 6.45) is 2.00. The van der Waals surface area contributed by atoms with Crippen LogP contribution in [0.5, 0.6) is 11.5 Å². The Morgan fingerprint density at radius 1 is 0.466 bits per heavy atom. The molecule has 9 aromatic carbocycles. The molecular formula is C68H58N4O. The van der Waals surface area contributed by atoms with Crippen LogP contribution in [0.2, 0.25) is 0 Å². The zero-order valence-corrected chi connectivity index (χ0v) is 42.1. The van der Waals surface area contributed by atoms with Crippen molar-refractivity contribution in [3.05, 3.63) is 242 Å². The van der Waals surface area contributed by atoms with E-state index in [1.54, 1.807) is 6.07 Å². The van der Waals surface area contributed by atoms with Gasteiger partial charge in [0.2, 0.25) is 0 Å². The summed E-state index contributed by atoms with van der Waals surface area (Å²) in [5, 5.41) is 2.09. The van der Waals surface area contributed by atoms with E-state index in [2.05, 4.69) is 214 Å². The summed E-state index contributed by atoms with van der Waals surface area (Å²) in [5.74, 6) is 1.46. The number of aromatic nitrogens is 2. The minimum Gasteiger partial charge on any atom is -0.457 e. The summed E-state index contributed by atoms with van der Waals surface area (Å²) in [5.41, 5.74) is 16.3. The highest BCUT2D eigenvalue weighted by Gasteiger charge is 2.32. The average Bonchev–Trinajstić information content (AvgIpc) is 4.09. The molecule has 73 heavy (non-hydrogen) atoms. The molecule has 0 fully saturated rings. The second-order valence-electron chi connectivity index (χ2n) is 21.1. The Morgan fingerprint density at radius 2 is 1.07 bits per heavy atom. The summed E-state index contributed by atoms with van der Waals surface area (Å²) in [6.45, 7) is 13.8. The van der Waals surface area contributed by atoms with E-state index in [1.165, 1.54) is 11.1 Å². The molecule has 3 heterocycles. The molecule has 356 valence electrons. The maximum Gasteiger partial charge on any atom is 0.137 e. The van der Waals surface area contributed by atoms with Crippen LogP contribution in [0.25, 0.3) is 72.1 Å². The minimum atomic E-state index is -0.214. The zero-order chi connectivity index (χ0) is 52.5. The van der Waals surface area contributed by atoms with E-state index < -0.39 is 0 Å². The van der Waals surface area contributed by atoms with Gasteiger partial charge in [0, 0.05) is 51.5 Å². The van der Waals surface area contributed by atoms with E-state index in [4.69, 9.17) is 9.72 Å². The molecular weight excluding hydrogens is 889 g/mol. The first-order valence-electron chi connectivity index (χ1n) is 26.6. The van der Waals surface area contributed by atoms with Crippen molar-refractivity contribution in [3.8, 4) is 61.8 Å². The van der Waals surface area contributed by atoms with Gasteiger partial charge in [-0.15, -0.1) is 0 Å². The number of ether oxygens (including phenoxy) is 1. The second-order valence-corrected chi connectivity index (χ2v) is 21.1. The Labute approximate surface area is 433 Å². The molecule has 0 saturated carbocycles. The van der Waals surface area contributed by atoms with Gasteiger partial charge in [-0.2, -0.15) is 0 Å². The van der Waals surface area contributed by atoms with Crippen molar-refractivity contribution in [1.82, 2.24) is 9.55 Å². The van der Waals surface area contributed by atoms with Gasteiger partial charge in [-0.05, 0) is 104 Å². The lowest BCUT2D eigenvalue weighted by atomic mass is 9.82. The SMILES string of the molecule is [2H]c1c(Oc2ccc3c4cc(-c5ccccc5)ccc4n(-c4cc(C(C)(C)C)c(-c5ccccc5)cn4)c3c2)cc(N2CN(c3c(-c4ccccc4)cccc3-c3ccc(C(C)(C)C)cc3)c3ccccc32)c([2H])c1[2H]. The van der Waals surface area contributed by atoms with Crippen LogP contribution in [0.15, 0.2) is 231 Å². The number of hydrogen-bond acceptors (Lipinski definition) is 4. The third kappa shape index (κ3) is 8.51. The highest BCUT2D eigenvalue weighted by Crippen LogP contribution is 2.51. The van der Waals surface area contributed by atoms with Gasteiger partial charge in [-0.1, -0.05) is 199 Å². The average molecular weight is 950 g/mol. The normalized spacial score (nSPS) is 13.3. The summed E-state index contributed by atoms with van der Waals surface area (Å²) in [7, 11) is 0. The van der Waals surface area contributed by atoms with E-state index in [0.717, 1.165) is 89.2 Å². The first-order chi connectivity index (χ1) is 36.7. The summed E-state index contributed by atoms with van der Waals surface area (Å²) in [6, 6.07) is 71.2. The summed E-state index contributed by atoms with van der Waals surface area (Å²) >= 11 is 0. The lowest BCUT2D eigenvalue weighted by molar-refractivity contribution is 0.483. The molecule has 0 spiro atoms. The van der Waals surface area contributed by atoms with E-state index >= 15 is 0 Å². The monoisotopic (exact) mass is 949 g/mol. The van der Waals surface area contributed by atoms with Crippen LogP contribution in [0.4, 0.5) is 22.7 Å². The van der Waals surface area contributed by atoms with Crippen molar-refractivity contribution >= 4 is 44.6 Å². The van der Waals surface area contributed by atoms with Crippen LogP contribution in [0.3, 0.4) is 0 Å². The molecule has 0 radical (unpaired) electrons. The van der Waals surface area contributed by atoms with Crippen molar-refractivity contribution in [2.45, 2.75) is 52.4 Å². The smallest absolute Gasteiger partial charge is 0.137 e. The topological polar surface area (TPSA) is 33.5 Å². The maximum absolute atomic E-state index is 9.48. The molecule has 5 nitrogen and oxygen atoms in total. The van der Waals surface area contributed by atoms with Gasteiger partial charge in [-0.25, -0.2) is 4.98 Å². The largest absolute Gasteiger partial charge is 0.457 e. The Morgan fingerprint density at radius 3 is 1.73 bits per heavy atom. The first-order valence-corrected chi connectivity index (χ1v) is 25.1. The predicted octanol–water partition coefficient (Wildman–Crippen LogP) is 18.5. The van der Waals surface area contributed by atoms with Crippen molar-refractivity contribution in [1.29, 1.82) is 0 Å². The highest BCUT2D eigenvalue weighted by molar-refractivity contribution is 6.11. The number of rotatable bonds is 9. The molecule has 2 aromatic heterocycles. The minimum absolute atomic E-state index is 0.00722. The van der Waals surface area contributed by atoms with E-state index in [-0.39, 0.29) is 34.7 Å². The fourth-order valence-electron chi connectivity index (χ4n) is 10.5. The Hall–Kier alpha value is -8.67.